The van der Waals surface area contributed by atoms with Gasteiger partial charge in [0, 0.05) is 17.4 Å². The predicted molar refractivity (Wildman–Crippen MR) is 92.1 cm³/mol. The fourth-order valence-electron chi connectivity index (χ4n) is 2.40. The lowest BCUT2D eigenvalue weighted by Crippen LogP contribution is -2.18. The number of hydrogen-bond acceptors (Lipinski definition) is 2. The molecule has 0 aliphatic heterocycles. The first kappa shape index (κ1) is 15.0. The quantitative estimate of drug-likeness (QED) is 0.780. The summed E-state index contributed by atoms with van der Waals surface area (Å²) in [4.78, 5) is 12.1. The molecule has 3 aromatic rings. The van der Waals surface area contributed by atoms with Crippen molar-refractivity contribution < 1.29 is 4.79 Å². The highest BCUT2D eigenvalue weighted by Gasteiger charge is 2.06. The summed E-state index contributed by atoms with van der Waals surface area (Å²) in [6.45, 7) is 2.30. The number of aryl methyl sites for hydroxylation is 1. The van der Waals surface area contributed by atoms with E-state index in [9.17, 15) is 4.79 Å². The minimum absolute atomic E-state index is 0.0861. The first-order valence-electron chi connectivity index (χ1n) is 7.71. The van der Waals surface area contributed by atoms with Gasteiger partial charge in [-0.1, -0.05) is 49.4 Å². The Morgan fingerprint density at radius 2 is 1.78 bits per heavy atom. The molecule has 0 fully saturated rings. The molecule has 0 bridgehead atoms. The van der Waals surface area contributed by atoms with Crippen LogP contribution < -0.4 is 5.32 Å². The van der Waals surface area contributed by atoms with Gasteiger partial charge in [-0.15, -0.1) is 0 Å². The van der Waals surface area contributed by atoms with E-state index in [1.807, 2.05) is 60.8 Å². The van der Waals surface area contributed by atoms with Gasteiger partial charge in [-0.25, -0.2) is 0 Å². The van der Waals surface area contributed by atoms with Gasteiger partial charge >= 0.3 is 0 Å². The summed E-state index contributed by atoms with van der Waals surface area (Å²) in [6.07, 6.45) is 4.65. The summed E-state index contributed by atoms with van der Waals surface area (Å²) in [6, 6.07) is 17.9. The Morgan fingerprint density at radius 3 is 2.48 bits per heavy atom. The molecule has 4 heteroatoms. The van der Waals surface area contributed by atoms with Crippen LogP contribution in [0.5, 0.6) is 0 Å². The van der Waals surface area contributed by atoms with Gasteiger partial charge in [-0.2, -0.15) is 5.10 Å². The van der Waals surface area contributed by atoms with Gasteiger partial charge in [0.2, 0.25) is 5.91 Å². The van der Waals surface area contributed by atoms with E-state index < -0.39 is 0 Å². The van der Waals surface area contributed by atoms with Crippen molar-refractivity contribution in [3.05, 3.63) is 72.6 Å². The number of nitrogens with zero attached hydrogens (tertiary/aromatic N) is 2. The van der Waals surface area contributed by atoms with Crippen LogP contribution in [0.4, 0.5) is 5.69 Å². The minimum atomic E-state index is -0.0861. The highest BCUT2D eigenvalue weighted by Crippen LogP contribution is 2.17. The molecule has 0 atom stereocenters. The number of nitrogens with one attached hydrogen (secondary N) is 1. The average molecular weight is 305 g/mol. The number of benzene rings is 2. The predicted octanol–water partition coefficient (Wildman–Crippen LogP) is 3.75. The maximum absolute atomic E-state index is 12.1. The summed E-state index contributed by atoms with van der Waals surface area (Å²) in [5.41, 5.74) is 4.16. The molecule has 1 amide bonds. The van der Waals surface area contributed by atoms with Crippen LogP contribution in [-0.4, -0.2) is 15.7 Å². The van der Waals surface area contributed by atoms with Crippen molar-refractivity contribution in [1.29, 1.82) is 0 Å². The van der Waals surface area contributed by atoms with E-state index in [-0.39, 0.29) is 12.5 Å². The van der Waals surface area contributed by atoms with Crippen LogP contribution in [0.3, 0.4) is 0 Å². The smallest absolute Gasteiger partial charge is 0.246 e. The SMILES string of the molecule is CCc1ccc(NC(=O)Cn2cc(-c3ccccc3)cn2)cc1. The van der Waals surface area contributed by atoms with E-state index in [1.54, 1.807) is 10.9 Å². The van der Waals surface area contributed by atoms with Gasteiger partial charge < -0.3 is 5.32 Å². The number of aromatic nitrogens is 2. The van der Waals surface area contributed by atoms with Crippen molar-refractivity contribution >= 4 is 11.6 Å². The number of carbonyl (C=O) groups is 1. The maximum Gasteiger partial charge on any atom is 0.246 e. The van der Waals surface area contributed by atoms with Crippen molar-refractivity contribution in [2.45, 2.75) is 19.9 Å². The molecule has 0 saturated heterocycles. The van der Waals surface area contributed by atoms with E-state index in [1.165, 1.54) is 5.56 Å². The second-order valence-electron chi connectivity index (χ2n) is 5.39. The fourth-order valence-corrected chi connectivity index (χ4v) is 2.40. The Morgan fingerprint density at radius 1 is 1.04 bits per heavy atom. The van der Waals surface area contributed by atoms with Crippen molar-refractivity contribution in [2.24, 2.45) is 0 Å². The molecule has 0 spiro atoms. The monoisotopic (exact) mass is 305 g/mol. The lowest BCUT2D eigenvalue weighted by Gasteiger charge is -2.06. The molecule has 23 heavy (non-hydrogen) atoms. The van der Waals surface area contributed by atoms with Crippen LogP contribution in [0.1, 0.15) is 12.5 Å². The number of hydrogen-bond donors (Lipinski definition) is 1. The summed E-state index contributed by atoms with van der Waals surface area (Å²) in [5, 5.41) is 7.15. The second kappa shape index (κ2) is 6.92. The molecular weight excluding hydrogens is 286 g/mol. The van der Waals surface area contributed by atoms with Gasteiger partial charge in [0.05, 0.1) is 6.20 Å². The van der Waals surface area contributed by atoms with Crippen LogP contribution in [0.25, 0.3) is 11.1 Å². The Kier molecular flexibility index (Phi) is 4.52. The molecular formula is C19H19N3O. The van der Waals surface area contributed by atoms with Crippen molar-refractivity contribution in [2.75, 3.05) is 5.32 Å². The van der Waals surface area contributed by atoms with Crippen LogP contribution in [0.15, 0.2) is 67.0 Å². The summed E-state index contributed by atoms with van der Waals surface area (Å²) >= 11 is 0. The first-order valence-corrected chi connectivity index (χ1v) is 7.71. The number of rotatable bonds is 5. The van der Waals surface area contributed by atoms with E-state index in [0.717, 1.165) is 23.2 Å². The fraction of sp³-hybridized carbons (Fsp3) is 0.158. The van der Waals surface area contributed by atoms with Crippen LogP contribution >= 0.6 is 0 Å². The third-order valence-electron chi connectivity index (χ3n) is 3.69. The van der Waals surface area contributed by atoms with Gasteiger partial charge in [0.25, 0.3) is 0 Å². The van der Waals surface area contributed by atoms with Gasteiger partial charge in [0.15, 0.2) is 0 Å². The van der Waals surface area contributed by atoms with Crippen molar-refractivity contribution in [1.82, 2.24) is 9.78 Å². The molecule has 0 aliphatic rings. The zero-order valence-corrected chi connectivity index (χ0v) is 13.1. The standard InChI is InChI=1S/C19H19N3O/c1-2-15-8-10-18(11-9-15)21-19(23)14-22-13-17(12-20-22)16-6-4-3-5-7-16/h3-13H,2,14H2,1H3,(H,21,23). The lowest BCUT2D eigenvalue weighted by molar-refractivity contribution is -0.116. The van der Waals surface area contributed by atoms with Crippen molar-refractivity contribution in [3.63, 3.8) is 0 Å². The maximum atomic E-state index is 12.1. The molecule has 0 unspecified atom stereocenters. The summed E-state index contributed by atoms with van der Waals surface area (Å²) in [5.74, 6) is -0.0861. The summed E-state index contributed by atoms with van der Waals surface area (Å²) < 4.78 is 1.65. The highest BCUT2D eigenvalue weighted by atomic mass is 16.2. The second-order valence-corrected chi connectivity index (χ2v) is 5.39. The van der Waals surface area contributed by atoms with Crippen LogP contribution in [0.2, 0.25) is 0 Å². The Labute approximate surface area is 135 Å². The zero-order valence-electron chi connectivity index (χ0n) is 13.1. The number of anilines is 1. The van der Waals surface area contributed by atoms with Gasteiger partial charge in [-0.05, 0) is 29.7 Å². The van der Waals surface area contributed by atoms with E-state index in [2.05, 4.69) is 17.3 Å². The van der Waals surface area contributed by atoms with Gasteiger partial charge in [0.1, 0.15) is 6.54 Å². The normalized spacial score (nSPS) is 10.5. The molecule has 0 aliphatic carbocycles. The molecule has 1 aromatic heterocycles. The number of carbonyl (C=O) groups excluding carboxylic acids is 1. The summed E-state index contributed by atoms with van der Waals surface area (Å²) in [7, 11) is 0. The Bertz CT molecular complexity index is 776. The number of amides is 1. The third-order valence-corrected chi connectivity index (χ3v) is 3.69. The average Bonchev–Trinajstić information content (AvgIpc) is 3.04. The van der Waals surface area contributed by atoms with Crippen LogP contribution in [-0.2, 0) is 17.8 Å². The van der Waals surface area contributed by atoms with E-state index >= 15 is 0 Å². The Hall–Kier alpha value is -2.88. The molecule has 1 N–H and O–H groups in total. The highest BCUT2D eigenvalue weighted by molar-refractivity contribution is 5.90. The molecule has 0 saturated carbocycles. The first-order chi connectivity index (χ1) is 11.2. The van der Waals surface area contributed by atoms with Crippen molar-refractivity contribution in [3.8, 4) is 11.1 Å². The third kappa shape index (κ3) is 3.86. The molecule has 0 radical (unpaired) electrons. The van der Waals surface area contributed by atoms with E-state index in [4.69, 9.17) is 0 Å². The topological polar surface area (TPSA) is 46.9 Å². The zero-order chi connectivity index (χ0) is 16.1. The Balaban J connectivity index is 1.63. The minimum Gasteiger partial charge on any atom is -0.324 e. The lowest BCUT2D eigenvalue weighted by atomic mass is 10.1. The van der Waals surface area contributed by atoms with Crippen LogP contribution in [0, 0.1) is 0 Å². The van der Waals surface area contributed by atoms with Gasteiger partial charge in [-0.3, -0.25) is 9.48 Å². The van der Waals surface area contributed by atoms with E-state index in [0.29, 0.717) is 0 Å². The molecule has 3 rings (SSSR count). The molecule has 116 valence electrons. The molecule has 1 heterocycles. The molecule has 2 aromatic carbocycles. The largest absolute Gasteiger partial charge is 0.324 e. The molecule has 4 nitrogen and oxygen atoms in total.